The number of ether oxygens (including phenoxy) is 1. The molecule has 2 aliphatic rings. The van der Waals surface area contributed by atoms with Crippen LogP contribution in [0.15, 0.2) is 29.3 Å². The average Bonchev–Trinajstić information content (AvgIpc) is 3.31. The molecular formula is C17H21BrN4O. The van der Waals surface area contributed by atoms with Crippen LogP contribution in [-0.2, 0) is 0 Å². The predicted octanol–water partition coefficient (Wildman–Crippen LogP) is 3.73. The van der Waals surface area contributed by atoms with Gasteiger partial charge in [-0.3, -0.25) is 9.67 Å². The van der Waals surface area contributed by atoms with Crippen LogP contribution in [-0.4, -0.2) is 34.0 Å². The van der Waals surface area contributed by atoms with Crippen molar-refractivity contribution in [2.75, 3.05) is 18.0 Å². The van der Waals surface area contributed by atoms with Crippen molar-refractivity contribution in [1.29, 1.82) is 0 Å². The van der Waals surface area contributed by atoms with Crippen molar-refractivity contribution in [2.45, 2.75) is 44.8 Å². The third-order valence-electron chi connectivity index (χ3n) is 4.71. The van der Waals surface area contributed by atoms with Gasteiger partial charge in [0.1, 0.15) is 6.10 Å². The minimum absolute atomic E-state index is 0.281. The first-order valence-electron chi connectivity index (χ1n) is 8.26. The van der Waals surface area contributed by atoms with E-state index in [1.807, 2.05) is 29.5 Å². The molecule has 0 radical (unpaired) electrons. The Labute approximate surface area is 144 Å². The van der Waals surface area contributed by atoms with Crippen molar-refractivity contribution < 1.29 is 4.74 Å². The Morgan fingerprint density at radius 2 is 1.91 bits per heavy atom. The lowest BCUT2D eigenvalue weighted by atomic mass is 10.1. The van der Waals surface area contributed by atoms with Crippen molar-refractivity contribution in [1.82, 2.24) is 14.8 Å². The molecule has 5 nitrogen and oxygen atoms in total. The fourth-order valence-electron chi connectivity index (χ4n) is 3.14. The Morgan fingerprint density at radius 1 is 1.13 bits per heavy atom. The quantitative estimate of drug-likeness (QED) is 0.815. The van der Waals surface area contributed by atoms with E-state index in [2.05, 4.69) is 37.8 Å². The van der Waals surface area contributed by atoms with Gasteiger partial charge >= 0.3 is 0 Å². The molecule has 3 heterocycles. The highest BCUT2D eigenvalue weighted by atomic mass is 79.9. The molecule has 1 saturated heterocycles. The monoisotopic (exact) mass is 376 g/mol. The van der Waals surface area contributed by atoms with Crippen LogP contribution in [0.25, 0.3) is 0 Å². The van der Waals surface area contributed by atoms with Crippen LogP contribution in [0.4, 0.5) is 5.69 Å². The number of rotatable bonds is 4. The van der Waals surface area contributed by atoms with E-state index in [-0.39, 0.29) is 6.10 Å². The summed E-state index contributed by atoms with van der Waals surface area (Å²) in [7, 11) is 0. The molecule has 0 amide bonds. The van der Waals surface area contributed by atoms with Crippen LogP contribution in [0, 0.1) is 6.92 Å². The van der Waals surface area contributed by atoms with Crippen molar-refractivity contribution in [3.63, 3.8) is 0 Å². The van der Waals surface area contributed by atoms with Gasteiger partial charge in [-0.05, 0) is 41.3 Å². The Kier molecular flexibility index (Phi) is 4.01. The van der Waals surface area contributed by atoms with E-state index in [1.165, 1.54) is 24.1 Å². The van der Waals surface area contributed by atoms with Crippen LogP contribution in [0.3, 0.4) is 0 Å². The summed E-state index contributed by atoms with van der Waals surface area (Å²) in [6.45, 7) is 4.14. The highest BCUT2D eigenvalue weighted by molar-refractivity contribution is 9.10. The summed E-state index contributed by atoms with van der Waals surface area (Å²) < 4.78 is 9.23. The Hall–Kier alpha value is -1.56. The number of hydrogen-bond acceptors (Lipinski definition) is 4. The zero-order valence-electron chi connectivity index (χ0n) is 13.3. The van der Waals surface area contributed by atoms with Gasteiger partial charge in [0.2, 0.25) is 0 Å². The van der Waals surface area contributed by atoms with Crippen molar-refractivity contribution in [3.8, 4) is 5.75 Å². The Morgan fingerprint density at radius 3 is 2.65 bits per heavy atom. The molecule has 6 heteroatoms. The van der Waals surface area contributed by atoms with Crippen LogP contribution in [0.5, 0.6) is 5.75 Å². The lowest BCUT2D eigenvalue weighted by Crippen LogP contribution is -2.38. The summed E-state index contributed by atoms with van der Waals surface area (Å²) in [6, 6.07) is 0.612. The number of nitrogens with zero attached hydrogens (tertiary/aromatic N) is 4. The maximum absolute atomic E-state index is 6.12. The van der Waals surface area contributed by atoms with E-state index >= 15 is 0 Å². The molecule has 2 fully saturated rings. The van der Waals surface area contributed by atoms with E-state index in [0.29, 0.717) is 6.04 Å². The van der Waals surface area contributed by atoms with Gasteiger partial charge < -0.3 is 9.64 Å². The fraction of sp³-hybridized carbons (Fsp3) is 0.529. The number of pyridine rings is 1. The molecular weight excluding hydrogens is 356 g/mol. The lowest BCUT2D eigenvalue weighted by molar-refractivity contribution is 0.170. The van der Waals surface area contributed by atoms with Gasteiger partial charge in [-0.2, -0.15) is 5.10 Å². The van der Waals surface area contributed by atoms with E-state index in [9.17, 15) is 0 Å². The third-order valence-corrected chi connectivity index (χ3v) is 5.51. The average molecular weight is 377 g/mol. The van der Waals surface area contributed by atoms with Gasteiger partial charge in [0, 0.05) is 36.6 Å². The predicted molar refractivity (Wildman–Crippen MR) is 93.0 cm³/mol. The summed E-state index contributed by atoms with van der Waals surface area (Å²) in [5.41, 5.74) is 2.48. The zero-order valence-corrected chi connectivity index (χ0v) is 14.9. The van der Waals surface area contributed by atoms with Crippen molar-refractivity contribution in [3.05, 3.63) is 34.8 Å². The second kappa shape index (κ2) is 6.15. The van der Waals surface area contributed by atoms with Gasteiger partial charge in [-0.1, -0.05) is 0 Å². The normalized spacial score (nSPS) is 19.1. The SMILES string of the molecule is Cc1c(Br)cncc1N1CCC(Oc2cnn(C3CC3)c2)CC1. The molecule has 0 spiro atoms. The summed E-state index contributed by atoms with van der Waals surface area (Å²) in [4.78, 5) is 6.70. The van der Waals surface area contributed by atoms with Crippen molar-refractivity contribution in [2.24, 2.45) is 0 Å². The topological polar surface area (TPSA) is 43.2 Å². The van der Waals surface area contributed by atoms with Gasteiger partial charge in [0.25, 0.3) is 0 Å². The number of anilines is 1. The molecule has 0 unspecified atom stereocenters. The molecule has 23 heavy (non-hydrogen) atoms. The highest BCUT2D eigenvalue weighted by Gasteiger charge is 2.26. The second-order valence-electron chi connectivity index (χ2n) is 6.46. The van der Waals surface area contributed by atoms with Crippen LogP contribution in [0.2, 0.25) is 0 Å². The molecule has 2 aromatic rings. The van der Waals surface area contributed by atoms with E-state index in [4.69, 9.17) is 4.74 Å². The molecule has 1 saturated carbocycles. The fourth-order valence-corrected chi connectivity index (χ4v) is 3.46. The smallest absolute Gasteiger partial charge is 0.157 e. The van der Waals surface area contributed by atoms with Gasteiger partial charge in [-0.15, -0.1) is 0 Å². The van der Waals surface area contributed by atoms with E-state index < -0.39 is 0 Å². The van der Waals surface area contributed by atoms with Crippen molar-refractivity contribution >= 4 is 21.6 Å². The first-order valence-corrected chi connectivity index (χ1v) is 9.06. The Balaban J connectivity index is 1.35. The minimum atomic E-state index is 0.281. The molecule has 0 N–H and O–H groups in total. The number of halogens is 1. The van der Waals surface area contributed by atoms with Gasteiger partial charge in [0.15, 0.2) is 5.75 Å². The Bertz CT molecular complexity index is 690. The minimum Gasteiger partial charge on any atom is -0.487 e. The summed E-state index contributed by atoms with van der Waals surface area (Å²) >= 11 is 3.56. The van der Waals surface area contributed by atoms with Gasteiger partial charge in [-0.25, -0.2) is 0 Å². The molecule has 0 aromatic carbocycles. The number of piperidine rings is 1. The summed E-state index contributed by atoms with van der Waals surface area (Å²) in [5, 5.41) is 4.40. The molecule has 122 valence electrons. The number of hydrogen-bond donors (Lipinski definition) is 0. The lowest BCUT2D eigenvalue weighted by Gasteiger charge is -2.34. The molecule has 0 atom stereocenters. The number of aromatic nitrogens is 3. The first-order chi connectivity index (χ1) is 11.2. The molecule has 2 aromatic heterocycles. The highest BCUT2D eigenvalue weighted by Crippen LogP contribution is 2.35. The summed E-state index contributed by atoms with van der Waals surface area (Å²) in [6.07, 6.45) is 12.6. The van der Waals surface area contributed by atoms with Crippen LogP contribution < -0.4 is 9.64 Å². The third kappa shape index (κ3) is 3.22. The molecule has 1 aliphatic carbocycles. The first kappa shape index (κ1) is 15.0. The largest absolute Gasteiger partial charge is 0.487 e. The maximum Gasteiger partial charge on any atom is 0.157 e. The van der Waals surface area contributed by atoms with Crippen LogP contribution in [0.1, 0.15) is 37.3 Å². The summed E-state index contributed by atoms with van der Waals surface area (Å²) in [5.74, 6) is 0.913. The molecule has 4 rings (SSSR count). The van der Waals surface area contributed by atoms with E-state index in [1.54, 1.807) is 0 Å². The molecule has 1 aliphatic heterocycles. The van der Waals surface area contributed by atoms with Crippen LogP contribution >= 0.6 is 15.9 Å². The van der Waals surface area contributed by atoms with Gasteiger partial charge in [0.05, 0.1) is 30.3 Å². The maximum atomic E-state index is 6.12. The van der Waals surface area contributed by atoms with E-state index in [0.717, 1.165) is 36.2 Å². The standard InChI is InChI=1S/C17H21BrN4O/c1-12-16(18)9-19-10-17(12)21-6-4-14(5-7-21)23-15-8-20-22(11-15)13-2-3-13/h8-11,13-14H,2-7H2,1H3. The second-order valence-corrected chi connectivity index (χ2v) is 7.31. The molecule has 0 bridgehead atoms. The zero-order chi connectivity index (χ0) is 15.8.